The molecule has 2 atom stereocenters. The molecular weight excluding hydrogens is 545 g/mol. The lowest BCUT2D eigenvalue weighted by Gasteiger charge is -2.35. The van der Waals surface area contributed by atoms with Crippen molar-refractivity contribution in [3.8, 4) is 17.3 Å². The smallest absolute Gasteiger partial charge is 0.248 e. The highest BCUT2D eigenvalue weighted by Crippen LogP contribution is 2.42. The van der Waals surface area contributed by atoms with Gasteiger partial charge in [-0.1, -0.05) is 35.9 Å². The molecule has 11 heteroatoms. The Morgan fingerprint density at radius 1 is 1.29 bits per heavy atom. The number of anilines is 2. The highest BCUT2D eigenvalue weighted by molar-refractivity contribution is 7.91. The minimum atomic E-state index is -4.00. The molecule has 0 amide bonds. The van der Waals surface area contributed by atoms with E-state index in [9.17, 15) is 18.1 Å². The van der Waals surface area contributed by atoms with E-state index < -0.39 is 14.8 Å². The molecule has 0 aliphatic heterocycles. The molecule has 3 aromatic heterocycles. The van der Waals surface area contributed by atoms with Gasteiger partial charge in [-0.25, -0.2) is 21.8 Å². The van der Waals surface area contributed by atoms with Crippen molar-refractivity contribution in [3.05, 3.63) is 82.7 Å². The first-order chi connectivity index (χ1) is 18.1. The zero-order chi connectivity index (χ0) is 27.2. The number of allylic oxidation sites excluding steroid dienone is 3. The van der Waals surface area contributed by atoms with Crippen molar-refractivity contribution in [1.29, 1.82) is 5.26 Å². The molecule has 2 unspecified atom stereocenters. The minimum absolute atomic E-state index is 0.277. The zero-order valence-corrected chi connectivity index (χ0v) is 23.1. The lowest BCUT2D eigenvalue weighted by molar-refractivity contribution is 0.474. The Labute approximate surface area is 229 Å². The molecule has 0 N–H and O–H groups in total. The van der Waals surface area contributed by atoms with Crippen molar-refractivity contribution >= 4 is 54.8 Å². The van der Waals surface area contributed by atoms with Crippen LogP contribution in [-0.4, -0.2) is 34.2 Å². The third-order valence-electron chi connectivity index (χ3n) is 6.89. The van der Waals surface area contributed by atoms with Gasteiger partial charge in [0.25, 0.3) is 0 Å². The molecule has 0 fully saturated rings. The van der Waals surface area contributed by atoms with Crippen LogP contribution in [0.3, 0.4) is 0 Å². The number of thiazole rings is 1. The number of rotatable bonds is 6. The number of fused-ring (bicyclic) bond motifs is 1. The summed E-state index contributed by atoms with van der Waals surface area (Å²) in [4.78, 5) is 11.2. The largest absolute Gasteiger partial charge is 0.318 e. The van der Waals surface area contributed by atoms with Gasteiger partial charge in [0, 0.05) is 36.0 Å². The van der Waals surface area contributed by atoms with Crippen LogP contribution in [0, 0.1) is 23.1 Å². The second-order valence-corrected chi connectivity index (χ2v) is 12.8. The third kappa shape index (κ3) is 4.11. The van der Waals surface area contributed by atoms with Gasteiger partial charge in [-0.3, -0.25) is 4.98 Å². The van der Waals surface area contributed by atoms with E-state index >= 15 is 0 Å². The van der Waals surface area contributed by atoms with Crippen LogP contribution in [0.2, 0.25) is 0 Å². The van der Waals surface area contributed by atoms with E-state index in [-0.39, 0.29) is 11.7 Å². The van der Waals surface area contributed by atoms with Gasteiger partial charge < -0.3 is 4.90 Å². The van der Waals surface area contributed by atoms with Gasteiger partial charge in [-0.05, 0) is 61.9 Å². The van der Waals surface area contributed by atoms with Gasteiger partial charge in [-0.15, -0.1) is 0 Å². The second kappa shape index (κ2) is 9.66. The number of aromatic nitrogens is 3. The Morgan fingerprint density at radius 2 is 2.03 bits per heavy atom. The van der Waals surface area contributed by atoms with E-state index in [1.54, 1.807) is 61.5 Å². The fraction of sp³-hybridized carbons (Fsp3) is 0.222. The van der Waals surface area contributed by atoms with Crippen molar-refractivity contribution in [2.24, 2.45) is 5.92 Å². The Balaban J connectivity index is 1.64. The maximum atomic E-state index is 14.2. The zero-order valence-electron chi connectivity index (χ0n) is 20.8. The number of hydrogen-bond donors (Lipinski definition) is 0. The first-order valence-corrected chi connectivity index (χ1v) is 14.4. The fourth-order valence-electron chi connectivity index (χ4n) is 4.74. The van der Waals surface area contributed by atoms with Crippen molar-refractivity contribution < 1.29 is 12.8 Å². The molecule has 0 saturated heterocycles. The standard InChI is InChI=1S/C27H23ClFN5O2S2/c1-4-18-9-10-19(28)14-27(18,2)38(35,36)34-16-22(25-21(34)6-5-13-31-25)33(3)26-32-24(23(15-30)37-26)17-7-11-20(29)12-8-17/h5-14,16,18H,4H2,1-3H3. The van der Waals surface area contributed by atoms with Crippen LogP contribution in [0.5, 0.6) is 0 Å². The SMILES string of the molecule is CCC1C=CC(Cl)=CC1(C)S(=O)(=O)n1cc(N(C)c2nc(-c3ccc(F)cc3)c(C#N)s2)c2ncccc21. The number of nitrogens with zero attached hydrogens (tertiary/aromatic N) is 5. The van der Waals surface area contributed by atoms with E-state index in [1.807, 2.05) is 13.0 Å². The van der Waals surface area contributed by atoms with Gasteiger partial charge in [-0.2, -0.15) is 5.26 Å². The lowest BCUT2D eigenvalue weighted by atomic mass is 9.87. The summed E-state index contributed by atoms with van der Waals surface area (Å²) in [6, 6.07) is 11.3. The molecule has 4 aromatic rings. The molecule has 1 aliphatic carbocycles. The van der Waals surface area contributed by atoms with Crippen molar-refractivity contribution in [2.45, 2.75) is 25.0 Å². The van der Waals surface area contributed by atoms with Gasteiger partial charge >= 0.3 is 0 Å². The van der Waals surface area contributed by atoms with Gasteiger partial charge in [0.1, 0.15) is 32.7 Å². The van der Waals surface area contributed by atoms with Crippen molar-refractivity contribution in [2.75, 3.05) is 11.9 Å². The van der Waals surface area contributed by atoms with Gasteiger partial charge in [0.05, 0.1) is 11.2 Å². The molecule has 1 aromatic carbocycles. The quantitative estimate of drug-likeness (QED) is 0.261. The van der Waals surface area contributed by atoms with E-state index in [2.05, 4.69) is 16.0 Å². The predicted molar refractivity (Wildman–Crippen MR) is 150 cm³/mol. The van der Waals surface area contributed by atoms with Crippen LogP contribution in [0.25, 0.3) is 22.3 Å². The van der Waals surface area contributed by atoms with Crippen LogP contribution in [0.4, 0.5) is 15.2 Å². The van der Waals surface area contributed by atoms with Crippen LogP contribution < -0.4 is 4.90 Å². The van der Waals surface area contributed by atoms with Crippen molar-refractivity contribution in [3.63, 3.8) is 0 Å². The second-order valence-electron chi connectivity index (χ2n) is 9.13. The third-order valence-corrected chi connectivity index (χ3v) is 10.5. The van der Waals surface area contributed by atoms with Crippen LogP contribution in [0.15, 0.2) is 72.1 Å². The first kappa shape index (κ1) is 26.1. The van der Waals surface area contributed by atoms with E-state index in [1.165, 1.54) is 22.3 Å². The minimum Gasteiger partial charge on any atom is -0.318 e. The predicted octanol–water partition coefficient (Wildman–Crippen LogP) is 6.59. The molecule has 5 rings (SSSR count). The summed E-state index contributed by atoms with van der Waals surface area (Å²) in [5.41, 5.74) is 2.42. The maximum absolute atomic E-state index is 14.2. The highest BCUT2D eigenvalue weighted by atomic mass is 35.5. The molecule has 0 spiro atoms. The molecule has 0 radical (unpaired) electrons. The van der Waals surface area contributed by atoms with Crippen molar-refractivity contribution in [1.82, 2.24) is 13.9 Å². The molecule has 1 aliphatic rings. The maximum Gasteiger partial charge on any atom is 0.248 e. The number of halogens is 2. The summed E-state index contributed by atoms with van der Waals surface area (Å²) < 4.78 is 41.9. The average Bonchev–Trinajstić information content (AvgIpc) is 3.51. The number of nitriles is 1. The van der Waals surface area contributed by atoms with Crippen LogP contribution in [-0.2, 0) is 10.0 Å². The van der Waals surface area contributed by atoms with Gasteiger partial charge in [0.2, 0.25) is 10.0 Å². The summed E-state index contributed by atoms with van der Waals surface area (Å²) in [6.45, 7) is 3.63. The lowest BCUT2D eigenvalue weighted by Crippen LogP contribution is -2.44. The Hall–Kier alpha value is -3.52. The van der Waals surface area contributed by atoms with E-state index in [0.29, 0.717) is 49.4 Å². The number of pyridine rings is 1. The number of hydrogen-bond acceptors (Lipinski definition) is 7. The average molecular weight is 568 g/mol. The monoisotopic (exact) mass is 567 g/mol. The highest BCUT2D eigenvalue weighted by Gasteiger charge is 2.46. The fourth-order valence-corrected chi connectivity index (χ4v) is 7.94. The molecular formula is C27H23ClFN5O2S2. The Kier molecular flexibility index (Phi) is 6.63. The Morgan fingerprint density at radius 3 is 2.71 bits per heavy atom. The summed E-state index contributed by atoms with van der Waals surface area (Å²) in [5, 5.41) is 10.6. The van der Waals surface area contributed by atoms with Crippen LogP contribution in [0.1, 0.15) is 25.1 Å². The topological polar surface area (TPSA) is 91.9 Å². The molecule has 38 heavy (non-hydrogen) atoms. The molecule has 3 heterocycles. The van der Waals surface area contributed by atoms with E-state index in [4.69, 9.17) is 11.6 Å². The van der Waals surface area contributed by atoms with Crippen LogP contribution >= 0.6 is 22.9 Å². The normalized spacial score (nSPS) is 19.4. The summed E-state index contributed by atoms with van der Waals surface area (Å²) >= 11 is 7.44. The summed E-state index contributed by atoms with van der Waals surface area (Å²) in [7, 11) is -2.26. The Bertz CT molecular complexity index is 1750. The number of benzene rings is 1. The summed E-state index contributed by atoms with van der Waals surface area (Å²) in [6.07, 6.45) is 8.91. The molecule has 194 valence electrons. The molecule has 0 bridgehead atoms. The molecule has 0 saturated carbocycles. The summed E-state index contributed by atoms with van der Waals surface area (Å²) in [5.74, 6) is -0.663. The van der Waals surface area contributed by atoms with E-state index in [0.717, 1.165) is 11.3 Å². The van der Waals surface area contributed by atoms with Gasteiger partial charge in [0.15, 0.2) is 5.13 Å². The molecule has 7 nitrogen and oxygen atoms in total. The first-order valence-electron chi connectivity index (χ1n) is 11.8.